The van der Waals surface area contributed by atoms with E-state index in [0.29, 0.717) is 5.56 Å². The van der Waals surface area contributed by atoms with E-state index >= 15 is 0 Å². The smallest absolute Gasteiger partial charge is 0.340 e. The largest absolute Gasteiger partial charge is 0.452 e. The number of nitrogens with one attached hydrogen (secondary N) is 1. The molecule has 0 aliphatic rings. The van der Waals surface area contributed by atoms with Crippen LogP contribution in [0.2, 0.25) is 5.02 Å². The van der Waals surface area contributed by atoms with Crippen LogP contribution in [0.4, 0.5) is 17.1 Å². The van der Waals surface area contributed by atoms with Gasteiger partial charge in [-0.25, -0.2) is 4.79 Å². The first-order valence-corrected chi connectivity index (χ1v) is 7.43. The maximum Gasteiger partial charge on any atom is 0.340 e. The molecule has 3 N–H and O–H groups in total. The molecule has 2 aromatic rings. The molecule has 1 amide bonds. The Labute approximate surface area is 147 Å². The predicted octanol–water partition coefficient (Wildman–Crippen LogP) is 2.93. The number of nitro benzene ring substituents is 1. The van der Waals surface area contributed by atoms with Crippen LogP contribution in [-0.2, 0) is 9.53 Å². The van der Waals surface area contributed by atoms with Gasteiger partial charge in [-0.3, -0.25) is 14.9 Å². The number of ether oxygens (including phenoxy) is 1. The van der Waals surface area contributed by atoms with Gasteiger partial charge in [0.05, 0.1) is 10.5 Å². The van der Waals surface area contributed by atoms with Crippen molar-refractivity contribution in [1.29, 1.82) is 0 Å². The molecule has 9 heteroatoms. The number of carbonyl (C=O) groups is 2. The van der Waals surface area contributed by atoms with Crippen molar-refractivity contribution in [2.45, 2.75) is 6.92 Å². The summed E-state index contributed by atoms with van der Waals surface area (Å²) in [4.78, 5) is 34.2. The number of anilines is 2. The maximum absolute atomic E-state index is 12.0. The van der Waals surface area contributed by atoms with E-state index < -0.39 is 23.4 Å². The molecule has 0 aliphatic carbocycles. The van der Waals surface area contributed by atoms with E-state index in [1.165, 1.54) is 18.2 Å². The minimum absolute atomic E-state index is 0.0504. The zero-order valence-corrected chi connectivity index (χ0v) is 13.9. The summed E-state index contributed by atoms with van der Waals surface area (Å²) in [6.45, 7) is 1.12. The first-order chi connectivity index (χ1) is 11.8. The van der Waals surface area contributed by atoms with Crippen LogP contribution in [0.15, 0.2) is 36.4 Å². The van der Waals surface area contributed by atoms with Gasteiger partial charge in [0.15, 0.2) is 6.61 Å². The third-order valence-electron chi connectivity index (χ3n) is 3.31. The summed E-state index contributed by atoms with van der Waals surface area (Å²) >= 11 is 5.70. The molecule has 0 atom stereocenters. The quantitative estimate of drug-likeness (QED) is 0.364. The van der Waals surface area contributed by atoms with Crippen LogP contribution in [0.25, 0.3) is 0 Å². The van der Waals surface area contributed by atoms with Crippen LogP contribution < -0.4 is 11.1 Å². The minimum atomic E-state index is -0.762. The molecule has 0 radical (unpaired) electrons. The van der Waals surface area contributed by atoms with E-state index in [0.717, 1.165) is 6.07 Å². The van der Waals surface area contributed by atoms with E-state index in [2.05, 4.69) is 5.32 Å². The molecule has 2 aromatic carbocycles. The summed E-state index contributed by atoms with van der Waals surface area (Å²) in [6, 6.07) is 8.64. The maximum atomic E-state index is 12.0. The Kier molecular flexibility index (Phi) is 5.56. The van der Waals surface area contributed by atoms with Gasteiger partial charge in [0.2, 0.25) is 0 Å². The second-order valence-electron chi connectivity index (χ2n) is 5.08. The molecule has 0 bridgehead atoms. The van der Waals surface area contributed by atoms with Gasteiger partial charge in [0.25, 0.3) is 11.6 Å². The Bertz CT molecular complexity index is 854. The molecule has 0 heterocycles. The number of nitrogens with zero attached hydrogens (tertiary/aromatic N) is 1. The number of esters is 1. The minimum Gasteiger partial charge on any atom is -0.452 e. The number of nitrogens with two attached hydrogens (primary N) is 1. The Hall–Kier alpha value is -3.13. The normalized spacial score (nSPS) is 10.2. The topological polar surface area (TPSA) is 125 Å². The summed E-state index contributed by atoms with van der Waals surface area (Å²) in [5.74, 6) is -1.49. The summed E-state index contributed by atoms with van der Waals surface area (Å²) in [6.07, 6.45) is 0. The van der Waals surface area contributed by atoms with Crippen molar-refractivity contribution in [3.8, 4) is 0 Å². The molecule has 0 saturated carbocycles. The van der Waals surface area contributed by atoms with Crippen LogP contribution in [0.3, 0.4) is 0 Å². The highest BCUT2D eigenvalue weighted by molar-refractivity contribution is 6.31. The molecular weight excluding hydrogens is 350 g/mol. The van der Waals surface area contributed by atoms with E-state index in [1.807, 2.05) is 0 Å². The number of nitro groups is 1. The summed E-state index contributed by atoms with van der Waals surface area (Å²) < 4.78 is 4.90. The third kappa shape index (κ3) is 4.45. The molecule has 130 valence electrons. The number of para-hydroxylation sites is 1. The fourth-order valence-electron chi connectivity index (χ4n) is 2.02. The van der Waals surface area contributed by atoms with Crippen LogP contribution >= 0.6 is 11.6 Å². The number of aryl methyl sites for hydroxylation is 1. The number of hydrogen-bond donors (Lipinski definition) is 2. The summed E-state index contributed by atoms with van der Waals surface area (Å²) in [7, 11) is 0. The molecule has 0 aromatic heterocycles. The van der Waals surface area contributed by atoms with Gasteiger partial charge < -0.3 is 15.8 Å². The lowest BCUT2D eigenvalue weighted by molar-refractivity contribution is -0.383. The second-order valence-corrected chi connectivity index (χ2v) is 5.52. The number of rotatable bonds is 5. The number of halogens is 1. The molecule has 0 saturated heterocycles. The van der Waals surface area contributed by atoms with Crippen molar-refractivity contribution in [3.05, 3.63) is 62.7 Å². The zero-order chi connectivity index (χ0) is 18.6. The Morgan fingerprint density at radius 1 is 1.32 bits per heavy atom. The van der Waals surface area contributed by atoms with E-state index in [9.17, 15) is 19.7 Å². The fourth-order valence-corrected chi connectivity index (χ4v) is 2.18. The summed E-state index contributed by atoms with van der Waals surface area (Å²) in [5, 5.41) is 13.4. The first kappa shape index (κ1) is 18.2. The first-order valence-electron chi connectivity index (χ1n) is 7.05. The van der Waals surface area contributed by atoms with Crippen molar-refractivity contribution < 1.29 is 19.2 Å². The number of nitrogen functional groups attached to an aromatic ring is 1. The Morgan fingerprint density at radius 3 is 2.72 bits per heavy atom. The molecule has 0 spiro atoms. The van der Waals surface area contributed by atoms with E-state index in [1.54, 1.807) is 19.1 Å². The number of benzene rings is 2. The van der Waals surface area contributed by atoms with Crippen molar-refractivity contribution in [1.82, 2.24) is 0 Å². The molecule has 2 rings (SSSR count). The van der Waals surface area contributed by atoms with Crippen molar-refractivity contribution >= 4 is 40.5 Å². The average molecular weight is 364 g/mol. The standard InChI is InChI=1S/C16H14ClN3O5/c1-9-3-2-4-11(15(9)18)16(22)25-8-14(21)19-12-6-5-10(17)7-13(12)20(23)24/h2-7H,8,18H2,1H3,(H,19,21). The van der Waals surface area contributed by atoms with Gasteiger partial charge >= 0.3 is 5.97 Å². The SMILES string of the molecule is Cc1cccc(C(=O)OCC(=O)Nc2ccc(Cl)cc2[N+](=O)[O-])c1N. The third-order valence-corrected chi connectivity index (χ3v) is 3.54. The lowest BCUT2D eigenvalue weighted by Gasteiger charge is -2.09. The van der Waals surface area contributed by atoms with E-state index in [4.69, 9.17) is 22.1 Å². The Morgan fingerprint density at radius 2 is 2.04 bits per heavy atom. The van der Waals surface area contributed by atoms with Gasteiger partial charge in [-0.1, -0.05) is 23.7 Å². The van der Waals surface area contributed by atoms with Crippen molar-refractivity contribution in [3.63, 3.8) is 0 Å². The second kappa shape index (κ2) is 7.63. The van der Waals surface area contributed by atoms with Gasteiger partial charge in [-0.05, 0) is 30.7 Å². The predicted molar refractivity (Wildman–Crippen MR) is 92.6 cm³/mol. The molecule has 8 nitrogen and oxygen atoms in total. The van der Waals surface area contributed by atoms with Gasteiger partial charge in [0, 0.05) is 16.8 Å². The zero-order valence-electron chi connectivity index (χ0n) is 13.1. The summed E-state index contributed by atoms with van der Waals surface area (Å²) in [5.41, 5.74) is 6.49. The Balaban J connectivity index is 2.03. The van der Waals surface area contributed by atoms with Crippen molar-refractivity contribution in [2.24, 2.45) is 0 Å². The number of carbonyl (C=O) groups excluding carboxylic acids is 2. The molecule has 25 heavy (non-hydrogen) atoms. The van der Waals surface area contributed by atoms with Crippen molar-refractivity contribution in [2.75, 3.05) is 17.7 Å². The monoisotopic (exact) mass is 363 g/mol. The van der Waals surface area contributed by atoms with E-state index in [-0.39, 0.29) is 27.6 Å². The molecule has 0 unspecified atom stereocenters. The van der Waals surface area contributed by atoms with Crippen LogP contribution in [0.1, 0.15) is 15.9 Å². The van der Waals surface area contributed by atoms with Gasteiger partial charge in [-0.15, -0.1) is 0 Å². The van der Waals surface area contributed by atoms with Gasteiger partial charge in [0.1, 0.15) is 5.69 Å². The van der Waals surface area contributed by atoms with Gasteiger partial charge in [-0.2, -0.15) is 0 Å². The number of hydrogen-bond acceptors (Lipinski definition) is 6. The van der Waals surface area contributed by atoms with Crippen LogP contribution in [0, 0.1) is 17.0 Å². The molecule has 0 fully saturated rings. The highest BCUT2D eigenvalue weighted by Crippen LogP contribution is 2.27. The lowest BCUT2D eigenvalue weighted by atomic mass is 10.1. The molecular formula is C16H14ClN3O5. The molecule has 0 aliphatic heterocycles. The average Bonchev–Trinajstić information content (AvgIpc) is 2.56. The fraction of sp³-hybridized carbons (Fsp3) is 0.125. The number of amides is 1. The lowest BCUT2D eigenvalue weighted by Crippen LogP contribution is -2.22. The van der Waals surface area contributed by atoms with Crippen LogP contribution in [-0.4, -0.2) is 23.4 Å². The highest BCUT2D eigenvalue weighted by atomic mass is 35.5. The van der Waals surface area contributed by atoms with Crippen LogP contribution in [0.5, 0.6) is 0 Å². The highest BCUT2D eigenvalue weighted by Gasteiger charge is 2.18.